The minimum atomic E-state index is -0.223. The van der Waals surface area contributed by atoms with E-state index in [0.717, 1.165) is 16.8 Å². The Morgan fingerprint density at radius 1 is 1.21 bits per heavy atom. The number of imidazole rings is 1. The number of aromatic amines is 1. The van der Waals surface area contributed by atoms with Gasteiger partial charge in [-0.2, -0.15) is 0 Å². The zero-order chi connectivity index (χ0) is 16.5. The van der Waals surface area contributed by atoms with Gasteiger partial charge in [0, 0.05) is 29.0 Å². The van der Waals surface area contributed by atoms with Crippen LogP contribution in [0.25, 0.3) is 22.4 Å². The number of H-pyrrole nitrogens is 1. The number of amides is 1. The van der Waals surface area contributed by atoms with Gasteiger partial charge in [-0.1, -0.05) is 6.07 Å². The van der Waals surface area contributed by atoms with E-state index in [9.17, 15) is 4.79 Å². The molecule has 2 N–H and O–H groups in total. The van der Waals surface area contributed by atoms with Crippen LogP contribution in [0.1, 0.15) is 16.1 Å². The maximum absolute atomic E-state index is 12.5. The number of rotatable bonds is 3. The number of aromatic nitrogens is 4. The minimum absolute atomic E-state index is 0.223. The Balaban J connectivity index is 1.76. The summed E-state index contributed by atoms with van der Waals surface area (Å²) >= 11 is 1.38. The van der Waals surface area contributed by atoms with Crippen LogP contribution in [0.2, 0.25) is 0 Å². The Morgan fingerprint density at radius 2 is 2.12 bits per heavy atom. The number of benzene rings is 1. The fourth-order valence-corrected chi connectivity index (χ4v) is 3.02. The lowest BCUT2D eigenvalue weighted by Gasteiger charge is -2.02. The summed E-state index contributed by atoms with van der Waals surface area (Å²) in [5.74, 6) is 0.490. The molecule has 6 nitrogen and oxygen atoms in total. The van der Waals surface area contributed by atoms with Crippen LogP contribution in [0.15, 0.2) is 48.1 Å². The van der Waals surface area contributed by atoms with E-state index in [1.807, 2.05) is 36.6 Å². The highest BCUT2D eigenvalue weighted by molar-refractivity contribution is 7.13. The van der Waals surface area contributed by atoms with E-state index in [0.29, 0.717) is 22.0 Å². The van der Waals surface area contributed by atoms with Gasteiger partial charge < -0.3 is 4.98 Å². The van der Waals surface area contributed by atoms with Crippen LogP contribution in [0.4, 0.5) is 5.13 Å². The number of nitrogens with zero attached hydrogens (tertiary/aromatic N) is 3. The van der Waals surface area contributed by atoms with Crippen molar-refractivity contribution in [3.05, 3.63) is 59.4 Å². The SMILES string of the molecule is Cc1cc(-c2nc3c(C(=O)Nc4nccs4)cccc3[nH]2)ccn1. The first-order valence-electron chi connectivity index (χ1n) is 7.33. The molecule has 0 atom stereocenters. The molecule has 0 fully saturated rings. The van der Waals surface area contributed by atoms with Gasteiger partial charge in [0.25, 0.3) is 5.91 Å². The molecule has 0 radical (unpaired) electrons. The second-order valence-electron chi connectivity index (χ2n) is 5.26. The second kappa shape index (κ2) is 5.86. The predicted octanol–water partition coefficient (Wildman–Crippen LogP) is 3.64. The molecule has 4 rings (SSSR count). The zero-order valence-electron chi connectivity index (χ0n) is 12.8. The van der Waals surface area contributed by atoms with Gasteiger partial charge in [0.1, 0.15) is 11.3 Å². The summed E-state index contributed by atoms with van der Waals surface area (Å²) in [5.41, 5.74) is 3.80. The number of hydrogen-bond acceptors (Lipinski definition) is 5. The van der Waals surface area contributed by atoms with Crippen molar-refractivity contribution in [1.29, 1.82) is 0 Å². The summed E-state index contributed by atoms with van der Waals surface area (Å²) in [6, 6.07) is 9.33. The zero-order valence-corrected chi connectivity index (χ0v) is 13.6. The summed E-state index contributed by atoms with van der Waals surface area (Å²) in [6.45, 7) is 1.93. The maximum Gasteiger partial charge on any atom is 0.259 e. The quantitative estimate of drug-likeness (QED) is 0.599. The van der Waals surface area contributed by atoms with Crippen LogP contribution >= 0.6 is 11.3 Å². The molecule has 0 aliphatic rings. The van der Waals surface area contributed by atoms with Gasteiger partial charge in [-0.3, -0.25) is 15.1 Å². The number of carbonyl (C=O) groups excluding carboxylic acids is 1. The first-order valence-corrected chi connectivity index (χ1v) is 8.21. The van der Waals surface area contributed by atoms with Crippen molar-refractivity contribution >= 4 is 33.4 Å². The number of aryl methyl sites for hydroxylation is 1. The number of fused-ring (bicyclic) bond motifs is 1. The van der Waals surface area contributed by atoms with Crippen molar-refractivity contribution in [2.75, 3.05) is 5.32 Å². The monoisotopic (exact) mass is 335 g/mol. The maximum atomic E-state index is 12.5. The third-order valence-electron chi connectivity index (χ3n) is 3.58. The normalized spacial score (nSPS) is 10.9. The summed E-state index contributed by atoms with van der Waals surface area (Å²) in [5, 5.41) is 5.17. The Bertz CT molecular complexity index is 1020. The van der Waals surface area contributed by atoms with Crippen molar-refractivity contribution < 1.29 is 4.79 Å². The molecule has 1 amide bonds. The fourth-order valence-electron chi connectivity index (χ4n) is 2.49. The van der Waals surface area contributed by atoms with Crippen LogP contribution in [0, 0.1) is 6.92 Å². The topological polar surface area (TPSA) is 83.6 Å². The van der Waals surface area contributed by atoms with E-state index in [-0.39, 0.29) is 5.91 Å². The summed E-state index contributed by atoms with van der Waals surface area (Å²) < 4.78 is 0. The third kappa shape index (κ3) is 2.65. The number of anilines is 1. The van der Waals surface area contributed by atoms with Crippen LogP contribution in [-0.4, -0.2) is 25.8 Å². The fraction of sp³-hybridized carbons (Fsp3) is 0.0588. The van der Waals surface area contributed by atoms with Gasteiger partial charge in [0.05, 0.1) is 11.1 Å². The standard InChI is InChI=1S/C17H13N5OS/c1-10-9-11(5-6-18-10)15-20-13-4-2-3-12(14(13)21-15)16(23)22-17-19-7-8-24-17/h2-9H,1H3,(H,20,21)(H,19,22,23). The lowest BCUT2D eigenvalue weighted by molar-refractivity contribution is 0.102. The van der Waals surface area contributed by atoms with Gasteiger partial charge >= 0.3 is 0 Å². The molecule has 3 aromatic heterocycles. The Labute approximate surface area is 141 Å². The minimum Gasteiger partial charge on any atom is -0.338 e. The molecular formula is C17H13N5OS. The Kier molecular flexibility index (Phi) is 3.55. The van der Waals surface area contributed by atoms with Crippen molar-refractivity contribution in [1.82, 2.24) is 19.9 Å². The molecule has 0 aliphatic carbocycles. The van der Waals surface area contributed by atoms with Crippen LogP contribution in [-0.2, 0) is 0 Å². The number of para-hydroxylation sites is 1. The molecule has 1 aromatic carbocycles. The molecule has 0 bridgehead atoms. The highest BCUT2D eigenvalue weighted by atomic mass is 32.1. The van der Waals surface area contributed by atoms with E-state index in [4.69, 9.17) is 0 Å². The average molecular weight is 335 g/mol. The summed E-state index contributed by atoms with van der Waals surface area (Å²) in [7, 11) is 0. The smallest absolute Gasteiger partial charge is 0.259 e. The van der Waals surface area contributed by atoms with Gasteiger partial charge in [0.15, 0.2) is 5.13 Å². The second-order valence-corrected chi connectivity index (χ2v) is 6.16. The van der Waals surface area contributed by atoms with Gasteiger partial charge in [-0.15, -0.1) is 11.3 Å². The summed E-state index contributed by atoms with van der Waals surface area (Å²) in [6.07, 6.45) is 3.40. The molecule has 24 heavy (non-hydrogen) atoms. The molecule has 0 aliphatic heterocycles. The molecular weight excluding hydrogens is 322 g/mol. The van der Waals surface area contributed by atoms with Crippen molar-refractivity contribution in [2.24, 2.45) is 0 Å². The van der Waals surface area contributed by atoms with Gasteiger partial charge in [-0.25, -0.2) is 9.97 Å². The lowest BCUT2D eigenvalue weighted by Crippen LogP contribution is -2.12. The Hall–Kier alpha value is -3.06. The molecule has 118 valence electrons. The molecule has 0 saturated carbocycles. The first-order chi connectivity index (χ1) is 11.7. The molecule has 4 aromatic rings. The van der Waals surface area contributed by atoms with Crippen LogP contribution in [0.5, 0.6) is 0 Å². The van der Waals surface area contributed by atoms with E-state index in [2.05, 4.69) is 25.3 Å². The molecule has 3 heterocycles. The number of pyridine rings is 1. The predicted molar refractivity (Wildman–Crippen MR) is 94.1 cm³/mol. The van der Waals surface area contributed by atoms with Crippen LogP contribution in [0.3, 0.4) is 0 Å². The van der Waals surface area contributed by atoms with Crippen molar-refractivity contribution in [3.63, 3.8) is 0 Å². The van der Waals surface area contributed by atoms with Crippen molar-refractivity contribution in [3.8, 4) is 11.4 Å². The lowest BCUT2D eigenvalue weighted by atomic mass is 10.2. The summed E-state index contributed by atoms with van der Waals surface area (Å²) in [4.78, 5) is 28.7. The van der Waals surface area contributed by atoms with E-state index >= 15 is 0 Å². The molecule has 0 spiro atoms. The largest absolute Gasteiger partial charge is 0.338 e. The van der Waals surface area contributed by atoms with Crippen molar-refractivity contribution in [2.45, 2.75) is 6.92 Å². The number of carbonyl (C=O) groups is 1. The van der Waals surface area contributed by atoms with Crippen LogP contribution < -0.4 is 5.32 Å². The van der Waals surface area contributed by atoms with E-state index in [1.54, 1.807) is 18.5 Å². The highest BCUT2D eigenvalue weighted by Crippen LogP contribution is 2.24. The average Bonchev–Trinajstić information content (AvgIpc) is 3.23. The Morgan fingerprint density at radius 3 is 2.92 bits per heavy atom. The van der Waals surface area contributed by atoms with Gasteiger partial charge in [-0.05, 0) is 31.2 Å². The number of hydrogen-bond donors (Lipinski definition) is 2. The highest BCUT2D eigenvalue weighted by Gasteiger charge is 2.15. The third-order valence-corrected chi connectivity index (χ3v) is 4.27. The molecule has 0 unspecified atom stereocenters. The van der Waals surface area contributed by atoms with Gasteiger partial charge in [0.2, 0.25) is 0 Å². The number of nitrogens with one attached hydrogen (secondary N) is 2. The number of thiazole rings is 1. The van der Waals surface area contributed by atoms with E-state index in [1.165, 1.54) is 11.3 Å². The molecule has 7 heteroatoms. The van der Waals surface area contributed by atoms with E-state index < -0.39 is 0 Å². The molecule has 0 saturated heterocycles. The first kappa shape index (κ1) is 14.5.